The largest absolute Gasteiger partial charge is 0.357 e. The normalized spacial score (nSPS) is 23.8. The van der Waals surface area contributed by atoms with E-state index in [2.05, 4.69) is 39.4 Å². The van der Waals surface area contributed by atoms with Gasteiger partial charge in [-0.3, -0.25) is 9.48 Å². The summed E-state index contributed by atoms with van der Waals surface area (Å²) in [6.07, 6.45) is 14.1. The molecule has 1 atom stereocenters. The molecule has 2 N–H and O–H groups in total. The summed E-state index contributed by atoms with van der Waals surface area (Å²) in [6.45, 7) is 5.13. The first kappa shape index (κ1) is 21.2. The molecule has 1 aliphatic heterocycles. The van der Waals surface area contributed by atoms with Gasteiger partial charge in [-0.2, -0.15) is 5.10 Å². The number of rotatable bonds is 6. The molecule has 3 aliphatic rings. The summed E-state index contributed by atoms with van der Waals surface area (Å²) < 4.78 is 2.13. The minimum atomic E-state index is 0.259. The number of nitrogens with one attached hydrogen (secondary N) is 2. The van der Waals surface area contributed by atoms with Gasteiger partial charge in [0, 0.05) is 37.8 Å². The van der Waals surface area contributed by atoms with Gasteiger partial charge < -0.3 is 15.5 Å². The quantitative estimate of drug-likeness (QED) is 0.554. The number of guanidine groups is 1. The maximum atomic E-state index is 12.8. The Morgan fingerprint density at radius 2 is 1.90 bits per heavy atom. The van der Waals surface area contributed by atoms with Crippen LogP contribution in [0.3, 0.4) is 0 Å². The molecule has 3 fully saturated rings. The van der Waals surface area contributed by atoms with E-state index in [0.29, 0.717) is 18.5 Å². The first-order valence-corrected chi connectivity index (χ1v) is 12.1. The van der Waals surface area contributed by atoms with Gasteiger partial charge in [0.15, 0.2) is 5.96 Å². The van der Waals surface area contributed by atoms with E-state index in [1.54, 1.807) is 0 Å². The molecule has 1 aromatic rings. The van der Waals surface area contributed by atoms with Crippen LogP contribution in [-0.4, -0.2) is 52.2 Å². The van der Waals surface area contributed by atoms with Crippen LogP contribution in [0, 0.1) is 5.92 Å². The summed E-state index contributed by atoms with van der Waals surface area (Å²) in [5, 5.41) is 11.6. The standard InChI is InChI=1S/C23H38N6O/c1-2-24-23(25-16-19-13-15-29(27-19)21-10-6-7-11-21)26-20-12-14-28(17-20)22(30)18-8-4-3-5-9-18/h13,15,18,20-21H,2-12,14,16-17H2,1H3,(H2,24,25,26). The van der Waals surface area contributed by atoms with Crippen LogP contribution >= 0.6 is 0 Å². The van der Waals surface area contributed by atoms with Crippen LogP contribution in [-0.2, 0) is 11.3 Å². The van der Waals surface area contributed by atoms with Crippen molar-refractivity contribution in [3.63, 3.8) is 0 Å². The maximum absolute atomic E-state index is 12.8. The molecule has 2 heterocycles. The van der Waals surface area contributed by atoms with E-state index in [0.717, 1.165) is 50.6 Å². The molecule has 0 spiro atoms. The number of hydrogen-bond donors (Lipinski definition) is 2. The minimum absolute atomic E-state index is 0.259. The molecule has 1 amide bonds. The lowest BCUT2D eigenvalue weighted by Crippen LogP contribution is -2.45. The molecule has 1 aromatic heterocycles. The van der Waals surface area contributed by atoms with Gasteiger partial charge in [-0.05, 0) is 45.1 Å². The fourth-order valence-electron chi connectivity index (χ4n) is 5.19. The van der Waals surface area contributed by atoms with Gasteiger partial charge in [-0.25, -0.2) is 4.99 Å². The van der Waals surface area contributed by atoms with Gasteiger partial charge in [-0.1, -0.05) is 32.1 Å². The molecule has 0 aromatic carbocycles. The Balaban J connectivity index is 1.29. The molecule has 7 nitrogen and oxygen atoms in total. The van der Waals surface area contributed by atoms with Crippen LogP contribution < -0.4 is 10.6 Å². The molecule has 1 saturated heterocycles. The molecular weight excluding hydrogens is 376 g/mol. The Hall–Kier alpha value is -2.05. The van der Waals surface area contributed by atoms with Crippen LogP contribution in [0.15, 0.2) is 17.3 Å². The second-order valence-corrected chi connectivity index (χ2v) is 9.17. The SMILES string of the molecule is CCNC(=NCc1ccn(C2CCCC2)n1)NC1CCN(C(=O)C2CCCCC2)C1. The van der Waals surface area contributed by atoms with Gasteiger partial charge >= 0.3 is 0 Å². The highest BCUT2D eigenvalue weighted by Gasteiger charge is 2.31. The van der Waals surface area contributed by atoms with Crippen molar-refractivity contribution >= 4 is 11.9 Å². The zero-order valence-electron chi connectivity index (χ0n) is 18.5. The number of likely N-dealkylation sites (tertiary alicyclic amines) is 1. The Bertz CT molecular complexity index is 717. The maximum Gasteiger partial charge on any atom is 0.225 e. The third kappa shape index (κ3) is 5.35. The summed E-state index contributed by atoms with van der Waals surface area (Å²) in [4.78, 5) is 19.7. The first-order valence-electron chi connectivity index (χ1n) is 12.1. The Morgan fingerprint density at radius 1 is 1.13 bits per heavy atom. The third-order valence-electron chi connectivity index (χ3n) is 6.90. The predicted octanol–water partition coefficient (Wildman–Crippen LogP) is 3.23. The lowest BCUT2D eigenvalue weighted by molar-refractivity contribution is -0.135. The van der Waals surface area contributed by atoms with Crippen LogP contribution in [0.4, 0.5) is 0 Å². The average Bonchev–Trinajstić information content (AvgIpc) is 3.54. The number of aromatic nitrogens is 2. The molecule has 166 valence electrons. The smallest absolute Gasteiger partial charge is 0.225 e. The zero-order chi connectivity index (χ0) is 20.8. The number of aliphatic imine (C=N–C) groups is 1. The van der Waals surface area contributed by atoms with E-state index < -0.39 is 0 Å². The topological polar surface area (TPSA) is 74.6 Å². The molecule has 30 heavy (non-hydrogen) atoms. The van der Waals surface area contributed by atoms with E-state index in [4.69, 9.17) is 10.1 Å². The summed E-state index contributed by atoms with van der Waals surface area (Å²) in [7, 11) is 0. The molecule has 2 saturated carbocycles. The monoisotopic (exact) mass is 414 g/mol. The number of carbonyl (C=O) groups excluding carboxylic acids is 1. The molecule has 7 heteroatoms. The lowest BCUT2D eigenvalue weighted by Gasteiger charge is -2.26. The number of hydrogen-bond acceptors (Lipinski definition) is 3. The van der Waals surface area contributed by atoms with Crippen molar-refractivity contribution in [2.75, 3.05) is 19.6 Å². The number of nitrogens with zero attached hydrogens (tertiary/aromatic N) is 4. The summed E-state index contributed by atoms with van der Waals surface area (Å²) in [6, 6.07) is 2.93. The van der Waals surface area contributed by atoms with E-state index >= 15 is 0 Å². The van der Waals surface area contributed by atoms with Crippen LogP contribution in [0.2, 0.25) is 0 Å². The van der Waals surface area contributed by atoms with Crippen molar-refractivity contribution in [3.05, 3.63) is 18.0 Å². The number of amides is 1. The van der Waals surface area contributed by atoms with Crippen molar-refractivity contribution in [2.45, 2.75) is 89.8 Å². The molecular formula is C23H38N6O. The lowest BCUT2D eigenvalue weighted by atomic mass is 9.88. The highest BCUT2D eigenvalue weighted by atomic mass is 16.2. The van der Waals surface area contributed by atoms with Gasteiger partial charge in [0.05, 0.1) is 18.3 Å². The van der Waals surface area contributed by atoms with Crippen LogP contribution in [0.25, 0.3) is 0 Å². The van der Waals surface area contributed by atoms with E-state index in [9.17, 15) is 4.79 Å². The van der Waals surface area contributed by atoms with Gasteiger partial charge in [0.1, 0.15) is 0 Å². The van der Waals surface area contributed by atoms with Gasteiger partial charge in [-0.15, -0.1) is 0 Å². The predicted molar refractivity (Wildman–Crippen MR) is 119 cm³/mol. The molecule has 0 radical (unpaired) electrons. The van der Waals surface area contributed by atoms with E-state index in [1.807, 2.05) is 0 Å². The zero-order valence-corrected chi connectivity index (χ0v) is 18.5. The van der Waals surface area contributed by atoms with E-state index in [-0.39, 0.29) is 12.0 Å². The second kappa shape index (κ2) is 10.3. The summed E-state index contributed by atoms with van der Waals surface area (Å²) >= 11 is 0. The van der Waals surface area contributed by atoms with Crippen molar-refractivity contribution in [2.24, 2.45) is 10.9 Å². The summed E-state index contributed by atoms with van der Waals surface area (Å²) in [5.74, 6) is 1.46. The molecule has 0 bridgehead atoms. The highest BCUT2D eigenvalue weighted by Crippen LogP contribution is 2.29. The minimum Gasteiger partial charge on any atom is -0.357 e. The van der Waals surface area contributed by atoms with Crippen LogP contribution in [0.5, 0.6) is 0 Å². The fraction of sp³-hybridized carbons (Fsp3) is 0.783. The van der Waals surface area contributed by atoms with Crippen molar-refractivity contribution in [3.8, 4) is 0 Å². The molecule has 1 unspecified atom stereocenters. The highest BCUT2D eigenvalue weighted by molar-refractivity contribution is 5.81. The number of carbonyl (C=O) groups is 1. The van der Waals surface area contributed by atoms with Crippen molar-refractivity contribution in [1.29, 1.82) is 0 Å². The summed E-state index contributed by atoms with van der Waals surface area (Å²) in [5.41, 5.74) is 1.01. The van der Waals surface area contributed by atoms with Crippen molar-refractivity contribution < 1.29 is 4.79 Å². The second-order valence-electron chi connectivity index (χ2n) is 9.17. The molecule has 2 aliphatic carbocycles. The average molecular weight is 415 g/mol. The van der Waals surface area contributed by atoms with Crippen LogP contribution in [0.1, 0.15) is 82.9 Å². The Labute approximate surface area is 180 Å². The first-order chi connectivity index (χ1) is 14.7. The molecule has 4 rings (SSSR count). The fourth-order valence-corrected chi connectivity index (χ4v) is 5.19. The van der Waals surface area contributed by atoms with E-state index in [1.165, 1.54) is 44.9 Å². The third-order valence-corrected chi connectivity index (χ3v) is 6.90. The Kier molecular flexibility index (Phi) is 7.28. The Morgan fingerprint density at radius 3 is 2.67 bits per heavy atom. The van der Waals surface area contributed by atoms with Crippen molar-refractivity contribution in [1.82, 2.24) is 25.3 Å². The van der Waals surface area contributed by atoms with Gasteiger partial charge in [0.25, 0.3) is 0 Å². The van der Waals surface area contributed by atoms with Gasteiger partial charge in [0.2, 0.25) is 5.91 Å².